The summed E-state index contributed by atoms with van der Waals surface area (Å²) in [7, 11) is 0. The quantitative estimate of drug-likeness (QED) is 0.840. The third-order valence-electron chi connectivity index (χ3n) is 2.35. The monoisotopic (exact) mass is 281 g/mol. The van der Waals surface area contributed by atoms with Crippen molar-refractivity contribution in [3.8, 4) is 0 Å². The zero-order chi connectivity index (χ0) is 13.0. The van der Waals surface area contributed by atoms with Gasteiger partial charge in [-0.05, 0) is 18.6 Å². The fraction of sp³-hybridized carbons (Fsp3) is 0.231. The molecule has 0 aliphatic rings. The number of halogens is 2. The number of hydrogen-bond donors (Lipinski definition) is 1. The van der Waals surface area contributed by atoms with Gasteiger partial charge in [0.1, 0.15) is 16.8 Å². The van der Waals surface area contributed by atoms with Crippen LogP contribution in [0.4, 0.5) is 11.5 Å². The lowest BCUT2D eigenvalue weighted by Crippen LogP contribution is -2.00. The predicted octanol–water partition coefficient (Wildman–Crippen LogP) is 4.48. The first-order valence-corrected chi connectivity index (χ1v) is 6.49. The van der Waals surface area contributed by atoms with Gasteiger partial charge in [0.05, 0.1) is 10.7 Å². The molecule has 0 aliphatic carbocycles. The summed E-state index contributed by atoms with van der Waals surface area (Å²) in [5.41, 5.74) is 0.802. The van der Waals surface area contributed by atoms with Gasteiger partial charge in [-0.15, -0.1) is 0 Å². The molecule has 0 radical (unpaired) electrons. The van der Waals surface area contributed by atoms with Gasteiger partial charge in [-0.3, -0.25) is 0 Å². The van der Waals surface area contributed by atoms with Gasteiger partial charge in [-0.2, -0.15) is 0 Å². The molecule has 0 fully saturated rings. The van der Waals surface area contributed by atoms with Gasteiger partial charge in [0.25, 0.3) is 0 Å². The van der Waals surface area contributed by atoms with E-state index in [-0.39, 0.29) is 0 Å². The molecular formula is C13H13Cl2N3. The van der Waals surface area contributed by atoms with Crippen LogP contribution in [0.25, 0.3) is 0 Å². The van der Waals surface area contributed by atoms with Gasteiger partial charge >= 0.3 is 0 Å². The number of anilines is 2. The summed E-state index contributed by atoms with van der Waals surface area (Å²) in [6, 6.07) is 9.18. The molecule has 3 nitrogen and oxygen atoms in total. The molecule has 94 valence electrons. The Morgan fingerprint density at radius 1 is 1.17 bits per heavy atom. The minimum Gasteiger partial charge on any atom is -0.339 e. The van der Waals surface area contributed by atoms with E-state index in [1.54, 1.807) is 6.07 Å². The summed E-state index contributed by atoms with van der Waals surface area (Å²) in [5.74, 6) is 1.39. The molecule has 0 amide bonds. The molecule has 0 saturated heterocycles. The van der Waals surface area contributed by atoms with E-state index in [1.165, 1.54) is 0 Å². The van der Waals surface area contributed by atoms with Crippen molar-refractivity contribution in [3.05, 3.63) is 46.3 Å². The van der Waals surface area contributed by atoms with Gasteiger partial charge in [0.15, 0.2) is 0 Å². The van der Waals surface area contributed by atoms with E-state index in [0.29, 0.717) is 16.0 Å². The lowest BCUT2D eigenvalue weighted by Gasteiger charge is -2.08. The van der Waals surface area contributed by atoms with Crippen LogP contribution in [0, 0.1) is 0 Å². The van der Waals surface area contributed by atoms with Crippen LogP contribution in [0.3, 0.4) is 0 Å². The van der Waals surface area contributed by atoms with Gasteiger partial charge in [-0.25, -0.2) is 9.97 Å². The molecule has 1 aromatic heterocycles. The Balaban J connectivity index is 2.26. The molecule has 0 aliphatic heterocycles. The molecule has 0 unspecified atom stereocenters. The lowest BCUT2D eigenvalue weighted by atomic mass is 10.3. The van der Waals surface area contributed by atoms with Crippen LogP contribution in [0.2, 0.25) is 10.2 Å². The number of hydrogen-bond acceptors (Lipinski definition) is 3. The Hall–Kier alpha value is -1.32. The first-order chi connectivity index (χ1) is 8.69. The second-order valence-corrected chi connectivity index (χ2v) is 4.64. The molecular weight excluding hydrogens is 269 g/mol. The van der Waals surface area contributed by atoms with Crippen LogP contribution >= 0.6 is 23.2 Å². The molecule has 0 atom stereocenters. The van der Waals surface area contributed by atoms with Gasteiger partial charge in [-0.1, -0.05) is 42.3 Å². The van der Waals surface area contributed by atoms with E-state index < -0.39 is 0 Å². The SMILES string of the molecule is CCCc1nc(Cl)cc(Nc2ccccc2Cl)n1. The fourth-order valence-electron chi connectivity index (χ4n) is 1.56. The van der Waals surface area contributed by atoms with Crippen LogP contribution < -0.4 is 5.32 Å². The fourth-order valence-corrected chi connectivity index (χ4v) is 1.95. The third-order valence-corrected chi connectivity index (χ3v) is 2.87. The summed E-state index contributed by atoms with van der Waals surface area (Å²) in [6.07, 6.45) is 1.78. The largest absolute Gasteiger partial charge is 0.339 e. The first kappa shape index (κ1) is 13.1. The lowest BCUT2D eigenvalue weighted by molar-refractivity contribution is 0.837. The average molecular weight is 282 g/mol. The number of benzene rings is 1. The highest BCUT2D eigenvalue weighted by atomic mass is 35.5. The Morgan fingerprint density at radius 3 is 2.67 bits per heavy atom. The summed E-state index contributed by atoms with van der Waals surface area (Å²) in [4.78, 5) is 8.56. The smallest absolute Gasteiger partial charge is 0.135 e. The van der Waals surface area contributed by atoms with Crippen LogP contribution in [-0.4, -0.2) is 9.97 Å². The van der Waals surface area contributed by atoms with Gasteiger partial charge < -0.3 is 5.32 Å². The van der Waals surface area contributed by atoms with E-state index >= 15 is 0 Å². The molecule has 1 aromatic carbocycles. The van der Waals surface area contributed by atoms with Crippen LogP contribution in [0.1, 0.15) is 19.2 Å². The normalized spacial score (nSPS) is 10.4. The van der Waals surface area contributed by atoms with Crippen molar-refractivity contribution >= 4 is 34.7 Å². The molecule has 0 bridgehead atoms. The van der Waals surface area contributed by atoms with Crippen LogP contribution in [-0.2, 0) is 6.42 Å². The molecule has 18 heavy (non-hydrogen) atoms. The highest BCUT2D eigenvalue weighted by Gasteiger charge is 2.05. The number of para-hydroxylation sites is 1. The van der Waals surface area contributed by atoms with Crippen LogP contribution in [0.15, 0.2) is 30.3 Å². The van der Waals surface area contributed by atoms with E-state index in [9.17, 15) is 0 Å². The van der Waals surface area contributed by atoms with Crippen LogP contribution in [0.5, 0.6) is 0 Å². The Kier molecular flexibility index (Phi) is 4.39. The summed E-state index contributed by atoms with van der Waals surface area (Å²) >= 11 is 12.0. The second-order valence-electron chi connectivity index (χ2n) is 3.85. The maximum Gasteiger partial charge on any atom is 0.135 e. The molecule has 0 saturated carbocycles. The molecule has 2 rings (SSSR count). The second kappa shape index (κ2) is 6.03. The highest BCUT2D eigenvalue weighted by molar-refractivity contribution is 6.33. The summed E-state index contributed by atoms with van der Waals surface area (Å²) < 4.78 is 0. The van der Waals surface area contributed by atoms with Crippen molar-refractivity contribution in [1.29, 1.82) is 0 Å². The molecule has 0 spiro atoms. The topological polar surface area (TPSA) is 37.8 Å². The minimum absolute atomic E-state index is 0.433. The summed E-state index contributed by atoms with van der Waals surface area (Å²) in [5, 5.41) is 4.22. The van der Waals surface area contributed by atoms with Gasteiger partial charge in [0, 0.05) is 12.5 Å². The number of aromatic nitrogens is 2. The molecule has 5 heteroatoms. The van der Waals surface area contributed by atoms with Crippen molar-refractivity contribution in [2.45, 2.75) is 19.8 Å². The molecule has 1 heterocycles. The highest BCUT2D eigenvalue weighted by Crippen LogP contribution is 2.24. The van der Waals surface area contributed by atoms with Crippen molar-refractivity contribution in [1.82, 2.24) is 9.97 Å². The van der Waals surface area contributed by atoms with Gasteiger partial charge in [0.2, 0.25) is 0 Å². The zero-order valence-corrected chi connectivity index (χ0v) is 11.5. The van der Waals surface area contributed by atoms with Crippen molar-refractivity contribution in [2.24, 2.45) is 0 Å². The average Bonchev–Trinajstić information content (AvgIpc) is 2.32. The zero-order valence-electron chi connectivity index (χ0n) is 9.95. The van der Waals surface area contributed by atoms with Crippen molar-refractivity contribution in [3.63, 3.8) is 0 Å². The Morgan fingerprint density at radius 2 is 1.94 bits per heavy atom. The molecule has 1 N–H and O–H groups in total. The Labute approximate surface area is 116 Å². The van der Waals surface area contributed by atoms with E-state index in [4.69, 9.17) is 23.2 Å². The number of nitrogens with one attached hydrogen (secondary N) is 1. The first-order valence-electron chi connectivity index (χ1n) is 5.74. The maximum absolute atomic E-state index is 6.08. The Bertz CT molecular complexity index is 544. The van der Waals surface area contributed by atoms with E-state index in [0.717, 1.165) is 24.4 Å². The van der Waals surface area contributed by atoms with Crippen molar-refractivity contribution < 1.29 is 0 Å². The number of aryl methyl sites for hydroxylation is 1. The van der Waals surface area contributed by atoms with E-state index in [2.05, 4.69) is 22.2 Å². The number of nitrogens with zero attached hydrogens (tertiary/aromatic N) is 2. The summed E-state index contributed by atoms with van der Waals surface area (Å²) in [6.45, 7) is 2.07. The minimum atomic E-state index is 0.433. The molecule has 2 aromatic rings. The third kappa shape index (κ3) is 3.34. The number of rotatable bonds is 4. The maximum atomic E-state index is 6.08. The predicted molar refractivity (Wildman–Crippen MR) is 75.8 cm³/mol. The standard InChI is InChI=1S/C13H13Cl2N3/c1-2-5-12-17-11(15)8-13(18-12)16-10-7-4-3-6-9(10)14/h3-4,6-8H,2,5H2,1H3,(H,16,17,18). The van der Waals surface area contributed by atoms with Crippen molar-refractivity contribution in [2.75, 3.05) is 5.32 Å². The van der Waals surface area contributed by atoms with E-state index in [1.807, 2.05) is 24.3 Å².